The third kappa shape index (κ3) is 12.4. The van der Waals surface area contributed by atoms with Crippen LogP contribution in [0.25, 0.3) is 10.9 Å². The van der Waals surface area contributed by atoms with Crippen molar-refractivity contribution in [2.24, 2.45) is 18.9 Å². The van der Waals surface area contributed by atoms with Crippen molar-refractivity contribution < 1.29 is 42.9 Å². The van der Waals surface area contributed by atoms with Crippen LogP contribution in [0.2, 0.25) is 0 Å². The number of carbonyl (C=O) groups excluding carboxylic acids is 4. The van der Waals surface area contributed by atoms with Gasteiger partial charge in [-0.3, -0.25) is 19.2 Å². The van der Waals surface area contributed by atoms with E-state index in [1.165, 1.54) is 49.6 Å². The van der Waals surface area contributed by atoms with Crippen molar-refractivity contribution in [3.8, 4) is 0 Å². The monoisotopic (exact) mass is 779 g/mol. The van der Waals surface area contributed by atoms with E-state index in [1.807, 2.05) is 0 Å². The topological polar surface area (TPSA) is 160 Å². The van der Waals surface area contributed by atoms with Crippen molar-refractivity contribution in [3.63, 3.8) is 0 Å². The molecule has 0 bridgehead atoms. The number of piperidine rings is 1. The van der Waals surface area contributed by atoms with Crippen molar-refractivity contribution in [2.75, 3.05) is 43.1 Å². The van der Waals surface area contributed by atoms with E-state index in [-0.39, 0.29) is 37.3 Å². The lowest BCUT2D eigenvalue weighted by Gasteiger charge is -2.43. The highest BCUT2D eigenvalue weighted by molar-refractivity contribution is 6.40. The number of benzene rings is 1. The molecule has 0 unspecified atom stereocenters. The summed E-state index contributed by atoms with van der Waals surface area (Å²) in [4.78, 5) is 59.3. The maximum Gasteiger partial charge on any atom is 0.303 e. The van der Waals surface area contributed by atoms with Crippen LogP contribution in [0, 0.1) is 11.8 Å². The highest BCUT2D eigenvalue weighted by atomic mass is 35.5. The van der Waals surface area contributed by atoms with Gasteiger partial charge >= 0.3 is 17.9 Å². The van der Waals surface area contributed by atoms with Crippen LogP contribution in [-0.2, 0) is 51.7 Å². The molecule has 14 nitrogen and oxygen atoms in total. The second kappa shape index (κ2) is 21.2. The van der Waals surface area contributed by atoms with Gasteiger partial charge < -0.3 is 38.5 Å². The van der Waals surface area contributed by atoms with Crippen LogP contribution in [0.5, 0.6) is 0 Å². The van der Waals surface area contributed by atoms with Gasteiger partial charge in [0.2, 0.25) is 5.95 Å². The van der Waals surface area contributed by atoms with Gasteiger partial charge in [-0.15, -0.1) is 23.2 Å². The number of Topliss-reactive ketones (excluding diaryl/α,β-unsaturated/α-hetero) is 1. The van der Waals surface area contributed by atoms with Gasteiger partial charge in [0.05, 0.1) is 10.9 Å². The molecule has 2 aromatic heterocycles. The van der Waals surface area contributed by atoms with Gasteiger partial charge in [-0.1, -0.05) is 32.5 Å². The highest BCUT2D eigenvalue weighted by Gasteiger charge is 2.49. The van der Waals surface area contributed by atoms with Crippen LogP contribution in [0.3, 0.4) is 0 Å². The first-order chi connectivity index (χ1) is 24.9. The lowest BCUT2D eigenvalue weighted by Crippen LogP contribution is -2.58. The normalized spacial score (nSPS) is 21.5. The van der Waals surface area contributed by atoms with Crippen molar-refractivity contribution in [3.05, 3.63) is 54.0 Å². The summed E-state index contributed by atoms with van der Waals surface area (Å²) in [5.41, 5.74) is 2.80. The number of ketones is 1. The maximum atomic E-state index is 13.1. The van der Waals surface area contributed by atoms with E-state index in [0.717, 1.165) is 39.0 Å². The molecule has 2 aliphatic rings. The molecule has 1 aromatic carbocycles. The molecule has 0 saturated carbocycles. The van der Waals surface area contributed by atoms with Crippen LogP contribution in [0.1, 0.15) is 63.9 Å². The fourth-order valence-electron chi connectivity index (χ4n) is 6.45. The van der Waals surface area contributed by atoms with Crippen molar-refractivity contribution in [2.45, 2.75) is 79.1 Å². The minimum absolute atomic E-state index is 0. The van der Waals surface area contributed by atoms with Crippen LogP contribution >= 0.6 is 23.2 Å². The summed E-state index contributed by atoms with van der Waals surface area (Å²) in [5, 5.41) is 5.11. The number of para-hydroxylation sites is 1. The van der Waals surface area contributed by atoms with E-state index in [0.29, 0.717) is 11.9 Å². The highest BCUT2D eigenvalue weighted by Crippen LogP contribution is 2.32. The summed E-state index contributed by atoms with van der Waals surface area (Å²) < 4.78 is 29.9. The fourth-order valence-corrected chi connectivity index (χ4v) is 6.45. The first kappa shape index (κ1) is 43.6. The minimum atomic E-state index is -1.05. The van der Waals surface area contributed by atoms with E-state index >= 15 is 0 Å². The third-order valence-electron chi connectivity index (χ3n) is 8.97. The van der Waals surface area contributed by atoms with Crippen LogP contribution in [-0.4, -0.2) is 101 Å². The molecule has 2 saturated heterocycles. The smallest absolute Gasteiger partial charge is 0.303 e. The number of alkyl halides is 2. The molecule has 0 amide bonds. The predicted octanol–water partition coefficient (Wildman–Crippen LogP) is 5.02. The zero-order valence-electron chi connectivity index (χ0n) is 30.1. The summed E-state index contributed by atoms with van der Waals surface area (Å²) in [5.74, 6) is -1.70. The summed E-state index contributed by atoms with van der Waals surface area (Å²) in [6, 6.07) is 8.44. The second-order valence-electron chi connectivity index (χ2n) is 12.8. The Morgan fingerprint density at radius 1 is 0.962 bits per heavy atom. The lowest BCUT2D eigenvalue weighted by molar-refractivity contribution is -0.286. The van der Waals surface area contributed by atoms with Gasteiger partial charge in [-0.2, -0.15) is 0 Å². The first-order valence-electron chi connectivity index (χ1n) is 17.1. The van der Waals surface area contributed by atoms with Crippen molar-refractivity contribution in [1.82, 2.24) is 19.9 Å². The Morgan fingerprint density at radius 3 is 2.21 bits per heavy atom. The molecule has 2 aliphatic heterocycles. The number of hydrogen-bond acceptors (Lipinski definition) is 13. The molecule has 4 heterocycles. The first-order valence-corrected chi connectivity index (χ1v) is 18.2. The minimum Gasteiger partial charge on any atom is -0.463 e. The largest absolute Gasteiger partial charge is 0.463 e. The average Bonchev–Trinajstić information content (AvgIpc) is 3.44. The molecular weight excluding hydrogens is 729 g/mol. The quantitative estimate of drug-likeness (QED) is 0.107. The number of carbonyl (C=O) groups is 4. The number of halogens is 2. The Labute approximate surface area is 320 Å². The lowest BCUT2D eigenvalue weighted by atomic mass is 9.92. The standard InChI is InChI=1S/C35H45N5O9.CH2Cl2.CH4/c1-21-32(47-23(3)42)33(48-24(4)43)31(20-45-22(2)41)49-34(21)46-19-30(44)26-16-37-35(38-17-26)40-12-10-25(11-13-40)14-36-15-27-18-39(5)29-9-7-6-8-28(27)29;2-1-3;/h6-9,16-18,21,25,31-34,36H,10-15,19-20H2,1-5H3;1H2;1H4/t21-,31-,32-,33+,34-;;/m1../s1. The zero-order chi connectivity index (χ0) is 37.8. The van der Waals surface area contributed by atoms with E-state index in [2.05, 4.69) is 62.3 Å². The summed E-state index contributed by atoms with van der Waals surface area (Å²) in [6.07, 6.45) is 3.11. The van der Waals surface area contributed by atoms with Crippen LogP contribution in [0.15, 0.2) is 42.9 Å². The van der Waals surface area contributed by atoms with E-state index < -0.39 is 48.4 Å². The van der Waals surface area contributed by atoms with Gasteiger partial charge in [-0.25, -0.2) is 9.97 Å². The number of aromatic nitrogens is 3. The molecule has 5 rings (SSSR count). The molecule has 5 atom stereocenters. The number of nitrogens with one attached hydrogen (secondary N) is 1. The fraction of sp³-hybridized carbons (Fsp3) is 0.568. The number of nitrogens with zero attached hydrogens (tertiary/aromatic N) is 4. The zero-order valence-corrected chi connectivity index (χ0v) is 31.6. The van der Waals surface area contributed by atoms with Crippen molar-refractivity contribution >= 4 is 63.7 Å². The molecule has 53 heavy (non-hydrogen) atoms. The Balaban J connectivity index is 0.00000183. The van der Waals surface area contributed by atoms with Crippen LogP contribution < -0.4 is 10.2 Å². The van der Waals surface area contributed by atoms with Gasteiger partial charge in [-0.05, 0) is 36.9 Å². The van der Waals surface area contributed by atoms with Gasteiger partial charge in [0.1, 0.15) is 25.4 Å². The summed E-state index contributed by atoms with van der Waals surface area (Å²) in [6.45, 7) is 8.10. The molecular formula is C37H51Cl2N5O9. The molecule has 292 valence electrons. The predicted molar refractivity (Wildman–Crippen MR) is 201 cm³/mol. The van der Waals surface area contributed by atoms with Gasteiger partial charge in [0.15, 0.2) is 18.2 Å². The number of esters is 3. The second-order valence-corrected chi connectivity index (χ2v) is 13.6. The van der Waals surface area contributed by atoms with E-state index in [1.54, 1.807) is 6.92 Å². The molecule has 0 radical (unpaired) electrons. The molecule has 16 heteroatoms. The Bertz CT molecular complexity index is 1650. The number of ether oxygens (including phenoxy) is 5. The number of fused-ring (bicyclic) bond motifs is 1. The average molecular weight is 781 g/mol. The molecule has 0 spiro atoms. The summed E-state index contributed by atoms with van der Waals surface area (Å²) in [7, 11) is 2.07. The Hall–Kier alpha value is -3.82. The van der Waals surface area contributed by atoms with Gasteiger partial charge in [0, 0.05) is 82.9 Å². The summed E-state index contributed by atoms with van der Waals surface area (Å²) >= 11 is 9.53. The van der Waals surface area contributed by atoms with Gasteiger partial charge in [0.25, 0.3) is 0 Å². The Kier molecular flexibility index (Phi) is 17.4. The third-order valence-corrected chi connectivity index (χ3v) is 8.97. The van der Waals surface area contributed by atoms with Crippen LogP contribution in [0.4, 0.5) is 5.95 Å². The number of rotatable bonds is 13. The number of anilines is 1. The van der Waals surface area contributed by atoms with Crippen molar-refractivity contribution in [1.29, 1.82) is 0 Å². The SMILES string of the molecule is C.CC(=O)OC[C@H]1O[C@@H](OCC(=O)c2cnc(N3CCC(CNCc4cn(C)c5ccccc45)CC3)nc2)[C@H](C)[C@@H](OC(C)=O)[C@H]1OC(C)=O.ClCCl. The molecule has 0 aliphatic carbocycles. The molecule has 1 N–H and O–H groups in total. The van der Waals surface area contributed by atoms with E-state index in [4.69, 9.17) is 46.9 Å². The maximum absolute atomic E-state index is 13.1. The number of aryl methyl sites for hydroxylation is 1. The molecule has 2 fully saturated rings. The molecule has 3 aromatic rings. The van der Waals surface area contributed by atoms with E-state index in [9.17, 15) is 19.2 Å². The Morgan fingerprint density at radius 2 is 1.58 bits per heavy atom. The number of hydrogen-bond donors (Lipinski definition) is 1.